The van der Waals surface area contributed by atoms with E-state index in [2.05, 4.69) is 28.1 Å². The molecule has 1 saturated carbocycles. The Morgan fingerprint density at radius 3 is 2.55 bits per heavy atom. The lowest BCUT2D eigenvalue weighted by molar-refractivity contribution is -0.123. The summed E-state index contributed by atoms with van der Waals surface area (Å²) in [6.07, 6.45) is 5.18. The van der Waals surface area contributed by atoms with Crippen molar-refractivity contribution in [2.24, 2.45) is 5.92 Å². The topological polar surface area (TPSA) is 41.1 Å². The Bertz CT molecular complexity index is 410. The van der Waals surface area contributed by atoms with Crippen LogP contribution in [0.5, 0.6) is 0 Å². The average molecular weight is 294 g/mol. The third kappa shape index (κ3) is 4.06. The van der Waals surface area contributed by atoms with Gasteiger partial charge in [-0.25, -0.2) is 0 Å². The quantitative estimate of drug-likeness (QED) is 0.843. The van der Waals surface area contributed by atoms with Crippen LogP contribution >= 0.6 is 11.3 Å². The summed E-state index contributed by atoms with van der Waals surface area (Å²) in [7, 11) is 0. The zero-order valence-corrected chi connectivity index (χ0v) is 13.5. The van der Waals surface area contributed by atoms with Crippen molar-refractivity contribution in [3.05, 3.63) is 22.4 Å². The van der Waals surface area contributed by atoms with Crippen molar-refractivity contribution in [1.82, 2.24) is 10.6 Å². The fourth-order valence-corrected chi connectivity index (χ4v) is 3.84. The minimum absolute atomic E-state index is 0.0968. The number of carbonyl (C=O) groups excluding carboxylic acids is 1. The van der Waals surface area contributed by atoms with Gasteiger partial charge in [0.15, 0.2) is 0 Å². The van der Waals surface area contributed by atoms with E-state index in [1.807, 2.05) is 20.8 Å². The first-order valence-corrected chi connectivity index (χ1v) is 8.55. The van der Waals surface area contributed by atoms with Crippen LogP contribution in [0.2, 0.25) is 0 Å². The molecule has 4 heteroatoms. The predicted molar refractivity (Wildman–Crippen MR) is 84.9 cm³/mol. The molecule has 1 aliphatic rings. The van der Waals surface area contributed by atoms with Crippen LogP contribution in [0.25, 0.3) is 0 Å². The van der Waals surface area contributed by atoms with Crippen molar-refractivity contribution < 1.29 is 4.79 Å². The third-order valence-corrected chi connectivity index (χ3v) is 4.93. The smallest absolute Gasteiger partial charge is 0.237 e. The summed E-state index contributed by atoms with van der Waals surface area (Å²) in [6.45, 7) is 5.96. The molecule has 0 bridgehead atoms. The van der Waals surface area contributed by atoms with E-state index in [4.69, 9.17) is 0 Å². The summed E-state index contributed by atoms with van der Waals surface area (Å²) in [5.41, 5.74) is 0. The summed E-state index contributed by atoms with van der Waals surface area (Å²) >= 11 is 1.79. The molecule has 1 fully saturated rings. The van der Waals surface area contributed by atoms with Gasteiger partial charge in [-0.3, -0.25) is 10.1 Å². The number of amides is 1. The van der Waals surface area contributed by atoms with Gasteiger partial charge in [-0.05, 0) is 51.0 Å². The Labute approximate surface area is 126 Å². The fraction of sp³-hybridized carbons (Fsp3) is 0.688. The second-order valence-corrected chi connectivity index (χ2v) is 7.07. The van der Waals surface area contributed by atoms with Crippen LogP contribution in [0.1, 0.15) is 57.4 Å². The van der Waals surface area contributed by atoms with E-state index in [1.54, 1.807) is 11.3 Å². The van der Waals surface area contributed by atoms with Crippen LogP contribution in [0.4, 0.5) is 0 Å². The van der Waals surface area contributed by atoms with Gasteiger partial charge in [0.25, 0.3) is 0 Å². The van der Waals surface area contributed by atoms with Crippen LogP contribution in [-0.4, -0.2) is 18.0 Å². The number of thiophene rings is 1. The molecule has 0 saturated heterocycles. The molecule has 0 radical (unpaired) electrons. The highest BCUT2D eigenvalue weighted by Gasteiger charge is 2.29. The van der Waals surface area contributed by atoms with Crippen LogP contribution < -0.4 is 10.6 Å². The molecule has 2 rings (SSSR count). The molecule has 20 heavy (non-hydrogen) atoms. The minimum Gasteiger partial charge on any atom is -0.353 e. The van der Waals surface area contributed by atoms with Gasteiger partial charge in [0.1, 0.15) is 0 Å². The second-order valence-electron chi connectivity index (χ2n) is 6.09. The molecule has 2 unspecified atom stereocenters. The van der Waals surface area contributed by atoms with Crippen LogP contribution in [0, 0.1) is 5.92 Å². The van der Waals surface area contributed by atoms with Gasteiger partial charge in [0.2, 0.25) is 5.91 Å². The molecule has 2 N–H and O–H groups in total. The Morgan fingerprint density at radius 1 is 1.30 bits per heavy atom. The fourth-order valence-electron chi connectivity index (χ4n) is 2.96. The molecule has 1 aromatic rings. The first-order valence-electron chi connectivity index (χ1n) is 7.67. The number of rotatable bonds is 6. The van der Waals surface area contributed by atoms with Crippen molar-refractivity contribution in [3.8, 4) is 0 Å². The van der Waals surface area contributed by atoms with Gasteiger partial charge in [0, 0.05) is 17.0 Å². The zero-order chi connectivity index (χ0) is 14.5. The summed E-state index contributed by atoms with van der Waals surface area (Å²) < 4.78 is 0. The van der Waals surface area contributed by atoms with Gasteiger partial charge in [-0.2, -0.15) is 0 Å². The molecule has 1 aromatic heterocycles. The molecule has 1 heterocycles. The standard InChI is InChI=1S/C16H26N2OS/c1-11(2)17-16(19)12(3)18-15(13-7-4-5-8-13)14-9-6-10-20-14/h6,9-13,15,18H,4-5,7-8H2,1-3H3,(H,17,19). The van der Waals surface area contributed by atoms with Crippen molar-refractivity contribution in [2.75, 3.05) is 0 Å². The Morgan fingerprint density at radius 2 is 2.00 bits per heavy atom. The Hall–Kier alpha value is -0.870. The van der Waals surface area contributed by atoms with E-state index < -0.39 is 0 Å². The predicted octanol–water partition coefficient (Wildman–Crippen LogP) is 3.48. The highest BCUT2D eigenvalue weighted by atomic mass is 32.1. The lowest BCUT2D eigenvalue weighted by Crippen LogP contribution is -2.46. The first-order chi connectivity index (χ1) is 9.58. The van der Waals surface area contributed by atoms with Gasteiger partial charge in [0.05, 0.1) is 6.04 Å². The molecule has 0 aliphatic heterocycles. The normalized spacial score (nSPS) is 19.2. The minimum atomic E-state index is -0.148. The van der Waals surface area contributed by atoms with Gasteiger partial charge in [-0.15, -0.1) is 11.3 Å². The summed E-state index contributed by atoms with van der Waals surface area (Å²) in [6, 6.07) is 4.66. The van der Waals surface area contributed by atoms with E-state index in [9.17, 15) is 4.79 Å². The van der Waals surface area contributed by atoms with Crippen LogP contribution in [0.3, 0.4) is 0 Å². The highest BCUT2D eigenvalue weighted by Crippen LogP contribution is 2.37. The lowest BCUT2D eigenvalue weighted by Gasteiger charge is -2.27. The number of hydrogen-bond donors (Lipinski definition) is 2. The molecule has 3 nitrogen and oxygen atoms in total. The number of nitrogens with one attached hydrogen (secondary N) is 2. The largest absolute Gasteiger partial charge is 0.353 e. The summed E-state index contributed by atoms with van der Waals surface area (Å²) in [5, 5.41) is 8.67. The van der Waals surface area contributed by atoms with E-state index in [1.165, 1.54) is 30.6 Å². The Balaban J connectivity index is 2.02. The highest BCUT2D eigenvalue weighted by molar-refractivity contribution is 7.10. The first kappa shape index (κ1) is 15.5. The maximum absolute atomic E-state index is 12.1. The molecule has 1 amide bonds. The molecule has 112 valence electrons. The average Bonchev–Trinajstić information content (AvgIpc) is 3.07. The monoisotopic (exact) mass is 294 g/mol. The SMILES string of the molecule is CC(C)NC(=O)C(C)NC(c1cccs1)C1CCCC1. The van der Waals surface area contributed by atoms with Gasteiger partial charge < -0.3 is 5.32 Å². The summed E-state index contributed by atoms with van der Waals surface area (Å²) in [4.78, 5) is 13.5. The van der Waals surface area contributed by atoms with E-state index in [0.29, 0.717) is 12.0 Å². The van der Waals surface area contributed by atoms with Gasteiger partial charge >= 0.3 is 0 Å². The van der Waals surface area contributed by atoms with Crippen LogP contribution in [-0.2, 0) is 4.79 Å². The van der Waals surface area contributed by atoms with Crippen molar-refractivity contribution >= 4 is 17.2 Å². The molecule has 1 aliphatic carbocycles. The third-order valence-electron chi connectivity index (χ3n) is 3.97. The number of carbonyl (C=O) groups is 1. The molecule has 2 atom stereocenters. The van der Waals surface area contributed by atoms with E-state index in [-0.39, 0.29) is 18.0 Å². The Kier molecular flexibility index (Phi) is 5.61. The van der Waals surface area contributed by atoms with Crippen LogP contribution in [0.15, 0.2) is 17.5 Å². The molecule has 0 aromatic carbocycles. The number of hydrogen-bond acceptors (Lipinski definition) is 3. The maximum atomic E-state index is 12.1. The van der Waals surface area contributed by atoms with Crippen molar-refractivity contribution in [1.29, 1.82) is 0 Å². The molecular weight excluding hydrogens is 268 g/mol. The maximum Gasteiger partial charge on any atom is 0.237 e. The molecule has 0 spiro atoms. The van der Waals surface area contributed by atoms with E-state index >= 15 is 0 Å². The van der Waals surface area contributed by atoms with E-state index in [0.717, 1.165) is 0 Å². The van der Waals surface area contributed by atoms with Gasteiger partial charge in [-0.1, -0.05) is 18.9 Å². The summed E-state index contributed by atoms with van der Waals surface area (Å²) in [5.74, 6) is 0.766. The second kappa shape index (κ2) is 7.23. The van der Waals surface area contributed by atoms with Crippen molar-refractivity contribution in [2.45, 2.75) is 64.6 Å². The lowest BCUT2D eigenvalue weighted by atomic mass is 9.96. The zero-order valence-electron chi connectivity index (χ0n) is 12.7. The molecular formula is C16H26N2OS. The van der Waals surface area contributed by atoms with Crippen molar-refractivity contribution in [3.63, 3.8) is 0 Å².